The Morgan fingerprint density at radius 1 is 1.05 bits per heavy atom. The number of pyridine rings is 1. The molecule has 0 spiro atoms. The zero-order chi connectivity index (χ0) is 28.1. The summed E-state index contributed by atoms with van der Waals surface area (Å²) in [6.45, 7) is 0.342. The van der Waals surface area contributed by atoms with Crippen molar-refractivity contribution in [1.29, 1.82) is 0 Å². The number of benzene rings is 2. The molecule has 2 N–H and O–H groups in total. The highest BCUT2D eigenvalue weighted by atomic mass is 32.1. The molecular formula is C30H28N4O5S. The Morgan fingerprint density at radius 2 is 1.88 bits per heavy atom. The summed E-state index contributed by atoms with van der Waals surface area (Å²) in [7, 11) is 2.91. The van der Waals surface area contributed by atoms with Crippen molar-refractivity contribution in [3.8, 4) is 17.1 Å². The number of carbonyl (C=O) groups excluding carboxylic acids is 2. The van der Waals surface area contributed by atoms with Gasteiger partial charge < -0.3 is 29.4 Å². The van der Waals surface area contributed by atoms with Gasteiger partial charge in [0.15, 0.2) is 5.11 Å². The fourth-order valence-electron chi connectivity index (χ4n) is 4.72. The molecule has 2 unspecified atom stereocenters. The van der Waals surface area contributed by atoms with Crippen molar-refractivity contribution < 1.29 is 23.5 Å². The minimum absolute atomic E-state index is 0.174. The Labute approximate surface area is 237 Å². The first-order valence-electron chi connectivity index (χ1n) is 12.7. The number of hydrogen-bond acceptors (Lipinski definition) is 7. The van der Waals surface area contributed by atoms with Crippen LogP contribution in [0.2, 0.25) is 0 Å². The predicted molar refractivity (Wildman–Crippen MR) is 154 cm³/mol. The van der Waals surface area contributed by atoms with E-state index in [0.717, 1.165) is 11.3 Å². The molecule has 3 heterocycles. The molecule has 1 saturated heterocycles. The predicted octanol–water partition coefficient (Wildman–Crippen LogP) is 5.14. The maximum absolute atomic E-state index is 12.9. The van der Waals surface area contributed by atoms with Gasteiger partial charge in [0.05, 0.1) is 37.2 Å². The number of furan rings is 1. The summed E-state index contributed by atoms with van der Waals surface area (Å²) in [6.07, 6.45) is 1.91. The van der Waals surface area contributed by atoms with E-state index in [9.17, 15) is 9.59 Å². The van der Waals surface area contributed by atoms with Crippen molar-refractivity contribution in [2.24, 2.45) is 0 Å². The standard InChI is InChI=1S/C30H28N4O5S/c1-37-24-12-4-3-10-21(24)32-26(35)15-17-34-28(27(33-30(34)40)22-11-5-6-16-31-22)25-14-13-23(39-25)19-8-7-9-20(18-19)29(36)38-2/h3-14,16,18,27-28H,15,17H2,1-2H3,(H,32,35)(H,33,40). The second kappa shape index (κ2) is 12.0. The molecule has 1 amide bonds. The van der Waals surface area contributed by atoms with Crippen molar-refractivity contribution in [2.75, 3.05) is 26.1 Å². The van der Waals surface area contributed by atoms with Gasteiger partial charge in [0, 0.05) is 24.7 Å². The first-order chi connectivity index (χ1) is 19.5. The Hall–Kier alpha value is -4.70. The molecule has 10 heteroatoms. The Kier molecular flexibility index (Phi) is 8.07. The van der Waals surface area contributed by atoms with Gasteiger partial charge in [0.1, 0.15) is 23.3 Å². The number of nitrogens with zero attached hydrogens (tertiary/aromatic N) is 2. The van der Waals surface area contributed by atoms with Crippen LogP contribution in [0.4, 0.5) is 5.69 Å². The average Bonchev–Trinajstić information content (AvgIpc) is 3.61. The molecule has 0 aliphatic carbocycles. The van der Waals surface area contributed by atoms with Crippen molar-refractivity contribution in [1.82, 2.24) is 15.2 Å². The number of para-hydroxylation sites is 2. The van der Waals surface area contributed by atoms with E-state index in [2.05, 4.69) is 15.6 Å². The number of amides is 1. The van der Waals surface area contributed by atoms with Crippen molar-refractivity contribution in [2.45, 2.75) is 18.5 Å². The molecule has 1 aliphatic rings. The molecule has 2 aromatic carbocycles. The lowest BCUT2D eigenvalue weighted by Crippen LogP contribution is -2.32. The van der Waals surface area contributed by atoms with E-state index in [1.807, 2.05) is 53.4 Å². The fraction of sp³-hybridized carbons (Fsp3) is 0.200. The van der Waals surface area contributed by atoms with Crippen molar-refractivity contribution >= 4 is 34.9 Å². The summed E-state index contributed by atoms with van der Waals surface area (Å²) >= 11 is 5.72. The highest BCUT2D eigenvalue weighted by Crippen LogP contribution is 2.40. The first kappa shape index (κ1) is 26.9. The monoisotopic (exact) mass is 556 g/mol. The zero-order valence-corrected chi connectivity index (χ0v) is 22.8. The minimum atomic E-state index is -0.424. The van der Waals surface area contributed by atoms with Gasteiger partial charge >= 0.3 is 5.97 Å². The van der Waals surface area contributed by atoms with Crippen LogP contribution in [-0.4, -0.2) is 47.6 Å². The number of anilines is 1. The molecule has 40 heavy (non-hydrogen) atoms. The molecular weight excluding hydrogens is 528 g/mol. The highest BCUT2D eigenvalue weighted by Gasteiger charge is 2.41. The van der Waals surface area contributed by atoms with E-state index in [0.29, 0.717) is 40.2 Å². The van der Waals surface area contributed by atoms with Gasteiger partial charge in [-0.15, -0.1) is 0 Å². The summed E-state index contributed by atoms with van der Waals surface area (Å²) < 4.78 is 16.5. The smallest absolute Gasteiger partial charge is 0.337 e. The zero-order valence-electron chi connectivity index (χ0n) is 22.0. The number of esters is 1. The Morgan fingerprint density at radius 3 is 2.65 bits per heavy atom. The number of thiocarbonyl (C=S) groups is 1. The van der Waals surface area contributed by atoms with Crippen LogP contribution in [0.3, 0.4) is 0 Å². The van der Waals surface area contributed by atoms with Crippen LogP contribution in [0.25, 0.3) is 11.3 Å². The first-order valence-corrected chi connectivity index (χ1v) is 13.1. The van der Waals surface area contributed by atoms with Crippen LogP contribution >= 0.6 is 12.2 Å². The largest absolute Gasteiger partial charge is 0.495 e. The van der Waals surface area contributed by atoms with Crippen LogP contribution < -0.4 is 15.4 Å². The van der Waals surface area contributed by atoms with E-state index in [1.54, 1.807) is 43.6 Å². The molecule has 4 aromatic rings. The van der Waals surface area contributed by atoms with E-state index < -0.39 is 5.97 Å². The van der Waals surface area contributed by atoms with Crippen LogP contribution in [0, 0.1) is 0 Å². The maximum atomic E-state index is 12.9. The number of carbonyl (C=O) groups is 2. The highest BCUT2D eigenvalue weighted by molar-refractivity contribution is 7.80. The summed E-state index contributed by atoms with van der Waals surface area (Å²) in [4.78, 5) is 31.4. The molecule has 0 radical (unpaired) electrons. The fourth-order valence-corrected chi connectivity index (χ4v) is 5.05. The minimum Gasteiger partial charge on any atom is -0.495 e. The quantitative estimate of drug-likeness (QED) is 0.214. The summed E-state index contributed by atoms with van der Waals surface area (Å²) in [5.41, 5.74) is 2.56. The number of methoxy groups -OCH3 is 2. The third-order valence-electron chi connectivity index (χ3n) is 6.65. The number of rotatable bonds is 9. The number of hydrogen-bond donors (Lipinski definition) is 2. The molecule has 9 nitrogen and oxygen atoms in total. The normalized spacial score (nSPS) is 16.4. The summed E-state index contributed by atoms with van der Waals surface area (Å²) in [6, 6.07) is 23.1. The number of ether oxygens (including phenoxy) is 2. The molecule has 204 valence electrons. The lowest BCUT2D eigenvalue weighted by Gasteiger charge is -2.26. The molecule has 0 bridgehead atoms. The summed E-state index contributed by atoms with van der Waals surface area (Å²) in [5.74, 6) is 1.22. The van der Waals surface area contributed by atoms with E-state index in [1.165, 1.54) is 7.11 Å². The van der Waals surface area contributed by atoms with Gasteiger partial charge in [-0.2, -0.15) is 0 Å². The maximum Gasteiger partial charge on any atom is 0.337 e. The lowest BCUT2D eigenvalue weighted by molar-refractivity contribution is -0.116. The Balaban J connectivity index is 1.40. The molecule has 2 aromatic heterocycles. The second-order valence-corrected chi connectivity index (χ2v) is 9.48. The van der Waals surface area contributed by atoms with Crippen molar-refractivity contribution in [3.05, 3.63) is 102 Å². The van der Waals surface area contributed by atoms with Gasteiger partial charge in [-0.3, -0.25) is 9.78 Å². The molecule has 5 rings (SSSR count). The second-order valence-electron chi connectivity index (χ2n) is 9.09. The van der Waals surface area contributed by atoms with Gasteiger partial charge in [-0.1, -0.05) is 30.3 Å². The third kappa shape index (κ3) is 5.67. The lowest BCUT2D eigenvalue weighted by atomic mass is 10.0. The third-order valence-corrected chi connectivity index (χ3v) is 7.00. The molecule has 1 aliphatic heterocycles. The van der Waals surface area contributed by atoms with Gasteiger partial charge in [0.2, 0.25) is 5.91 Å². The Bertz CT molecular complexity index is 1520. The molecule has 2 atom stereocenters. The van der Waals surface area contributed by atoms with E-state index in [4.69, 9.17) is 26.1 Å². The molecule has 1 fully saturated rings. The number of aromatic nitrogens is 1. The van der Waals surface area contributed by atoms with E-state index >= 15 is 0 Å². The molecule has 0 saturated carbocycles. The topological polar surface area (TPSA) is 106 Å². The van der Waals surface area contributed by atoms with Crippen LogP contribution in [-0.2, 0) is 9.53 Å². The van der Waals surface area contributed by atoms with Crippen LogP contribution in [0.1, 0.15) is 40.3 Å². The van der Waals surface area contributed by atoms with Crippen LogP contribution in [0.15, 0.2) is 89.5 Å². The SMILES string of the molecule is COC(=O)c1cccc(-c2ccc(C3C(c4ccccn4)NC(=S)N3CCC(=O)Nc3ccccc3OC)o2)c1. The average molecular weight is 557 g/mol. The van der Waals surface area contributed by atoms with Crippen molar-refractivity contribution in [3.63, 3.8) is 0 Å². The number of nitrogens with one attached hydrogen (secondary N) is 2. The van der Waals surface area contributed by atoms with Gasteiger partial charge in [0.25, 0.3) is 0 Å². The van der Waals surface area contributed by atoms with Crippen LogP contribution in [0.5, 0.6) is 5.75 Å². The summed E-state index contributed by atoms with van der Waals surface area (Å²) in [5, 5.41) is 6.77. The van der Waals surface area contributed by atoms with Gasteiger partial charge in [-0.05, 0) is 60.7 Å². The van der Waals surface area contributed by atoms with E-state index in [-0.39, 0.29) is 24.4 Å². The van der Waals surface area contributed by atoms with Gasteiger partial charge in [-0.25, -0.2) is 4.79 Å².